The van der Waals surface area contributed by atoms with Gasteiger partial charge >= 0.3 is 0 Å². The van der Waals surface area contributed by atoms with Crippen LogP contribution in [0.25, 0.3) is 0 Å². The molecular weight excluding hydrogens is 356 g/mol. The van der Waals surface area contributed by atoms with Crippen molar-refractivity contribution in [2.24, 2.45) is 0 Å². The Hall–Kier alpha value is -2.54. The van der Waals surface area contributed by atoms with Crippen LogP contribution in [0.3, 0.4) is 0 Å². The van der Waals surface area contributed by atoms with Crippen molar-refractivity contribution in [2.75, 3.05) is 37.6 Å². The molecule has 2 N–H and O–H groups in total. The Balaban J connectivity index is 1.91. The van der Waals surface area contributed by atoms with Gasteiger partial charge in [0, 0.05) is 25.2 Å². The molecule has 0 saturated heterocycles. The number of nitrogens with zero attached hydrogens (tertiary/aromatic N) is 3. The van der Waals surface area contributed by atoms with Crippen LogP contribution in [0.4, 0.5) is 11.8 Å². The number of aliphatic hydroxyl groups excluding tert-OH is 1. The number of anilines is 2. The zero-order chi connectivity index (χ0) is 20.3. The summed E-state index contributed by atoms with van der Waals surface area (Å²) in [6.45, 7) is 7.79. The van der Waals surface area contributed by atoms with Gasteiger partial charge in [-0.15, -0.1) is 0 Å². The van der Waals surface area contributed by atoms with Crippen LogP contribution >= 0.6 is 0 Å². The molecule has 7 nitrogen and oxygen atoms in total. The fourth-order valence-corrected chi connectivity index (χ4v) is 3.32. The zero-order valence-corrected chi connectivity index (χ0v) is 17.3. The van der Waals surface area contributed by atoms with E-state index in [0.717, 1.165) is 42.5 Å². The van der Waals surface area contributed by atoms with Crippen molar-refractivity contribution in [3.05, 3.63) is 35.0 Å². The second-order valence-corrected chi connectivity index (χ2v) is 7.50. The first-order valence-electron chi connectivity index (χ1n) is 9.70. The first-order chi connectivity index (χ1) is 13.4. The molecule has 152 valence electrons. The van der Waals surface area contributed by atoms with Gasteiger partial charge in [0.05, 0.1) is 26.5 Å². The van der Waals surface area contributed by atoms with Gasteiger partial charge in [0.25, 0.3) is 0 Å². The SMILES string of the molecule is COc1cc2c(cc1OC)CN(c1cc(C(C)C)nc(N[C@H](C)CO)n1)CC2. The summed E-state index contributed by atoms with van der Waals surface area (Å²) < 4.78 is 10.9. The highest BCUT2D eigenvalue weighted by molar-refractivity contribution is 5.53. The van der Waals surface area contributed by atoms with Gasteiger partial charge in [0.15, 0.2) is 11.5 Å². The number of aromatic nitrogens is 2. The molecule has 0 bridgehead atoms. The summed E-state index contributed by atoms with van der Waals surface area (Å²) in [5, 5.41) is 12.5. The molecule has 2 heterocycles. The van der Waals surface area contributed by atoms with Crippen LogP contribution < -0.4 is 19.7 Å². The average Bonchev–Trinajstić information content (AvgIpc) is 2.71. The lowest BCUT2D eigenvalue weighted by Crippen LogP contribution is -2.32. The number of hydrogen-bond acceptors (Lipinski definition) is 7. The number of fused-ring (bicyclic) bond motifs is 1. The van der Waals surface area contributed by atoms with Gasteiger partial charge in [0.1, 0.15) is 5.82 Å². The standard InChI is InChI=1S/C21H30N4O3/c1-13(2)17-10-20(24-21(23-17)22-14(3)12-26)25-7-6-15-8-18(27-4)19(28-5)9-16(15)11-25/h8-10,13-14,26H,6-7,11-12H2,1-5H3,(H,22,23,24)/t14-/m1/s1. The fraction of sp³-hybridized carbons (Fsp3) is 0.524. The normalized spacial score (nSPS) is 14.6. The number of ether oxygens (including phenoxy) is 2. The number of hydrogen-bond donors (Lipinski definition) is 2. The highest BCUT2D eigenvalue weighted by atomic mass is 16.5. The van der Waals surface area contributed by atoms with Crippen molar-refractivity contribution >= 4 is 11.8 Å². The second kappa shape index (κ2) is 8.65. The third-order valence-corrected chi connectivity index (χ3v) is 5.02. The summed E-state index contributed by atoms with van der Waals surface area (Å²) in [5.74, 6) is 3.25. The maximum Gasteiger partial charge on any atom is 0.225 e. The van der Waals surface area contributed by atoms with E-state index in [1.165, 1.54) is 11.1 Å². The molecule has 3 rings (SSSR count). The molecule has 1 aliphatic heterocycles. The number of rotatable bonds is 7. The van der Waals surface area contributed by atoms with Crippen molar-refractivity contribution < 1.29 is 14.6 Å². The minimum absolute atomic E-state index is 0.0311. The van der Waals surface area contributed by atoms with Crippen molar-refractivity contribution in [1.82, 2.24) is 9.97 Å². The first-order valence-corrected chi connectivity index (χ1v) is 9.70. The Labute approximate surface area is 166 Å². The Morgan fingerprint density at radius 1 is 1.07 bits per heavy atom. The highest BCUT2D eigenvalue weighted by Gasteiger charge is 2.22. The quantitative estimate of drug-likeness (QED) is 0.757. The molecule has 1 aliphatic rings. The lowest BCUT2D eigenvalue weighted by Gasteiger charge is -2.31. The van der Waals surface area contributed by atoms with Gasteiger partial charge in [-0.25, -0.2) is 4.98 Å². The minimum Gasteiger partial charge on any atom is -0.493 e. The van der Waals surface area contributed by atoms with E-state index in [9.17, 15) is 5.11 Å². The number of benzene rings is 1. The summed E-state index contributed by atoms with van der Waals surface area (Å²) in [7, 11) is 3.32. The number of methoxy groups -OCH3 is 2. The molecule has 0 spiro atoms. The summed E-state index contributed by atoms with van der Waals surface area (Å²) in [6, 6.07) is 6.08. The van der Waals surface area contributed by atoms with Crippen LogP contribution in [0, 0.1) is 0 Å². The second-order valence-electron chi connectivity index (χ2n) is 7.50. The molecule has 2 aromatic rings. The predicted octanol–water partition coefficient (Wildman–Crippen LogP) is 2.97. The van der Waals surface area contributed by atoms with E-state index in [2.05, 4.69) is 47.2 Å². The molecule has 0 aliphatic carbocycles. The maximum absolute atomic E-state index is 9.34. The van der Waals surface area contributed by atoms with Crippen LogP contribution in [-0.2, 0) is 13.0 Å². The van der Waals surface area contributed by atoms with E-state index in [-0.39, 0.29) is 18.6 Å². The zero-order valence-electron chi connectivity index (χ0n) is 17.3. The van der Waals surface area contributed by atoms with Crippen LogP contribution in [0.15, 0.2) is 18.2 Å². The smallest absolute Gasteiger partial charge is 0.225 e. The summed E-state index contributed by atoms with van der Waals surface area (Å²) >= 11 is 0. The third-order valence-electron chi connectivity index (χ3n) is 5.02. The molecule has 0 fully saturated rings. The molecule has 0 amide bonds. The van der Waals surface area contributed by atoms with Crippen LogP contribution in [0.1, 0.15) is 43.5 Å². The Morgan fingerprint density at radius 2 is 1.75 bits per heavy atom. The molecule has 1 aromatic carbocycles. The lowest BCUT2D eigenvalue weighted by atomic mass is 9.98. The van der Waals surface area contributed by atoms with E-state index in [4.69, 9.17) is 14.5 Å². The van der Waals surface area contributed by atoms with Crippen molar-refractivity contribution in [1.29, 1.82) is 0 Å². The van der Waals surface area contributed by atoms with Gasteiger partial charge in [-0.1, -0.05) is 13.8 Å². The van der Waals surface area contributed by atoms with Crippen molar-refractivity contribution in [3.8, 4) is 11.5 Å². The van der Waals surface area contributed by atoms with E-state index in [1.54, 1.807) is 14.2 Å². The summed E-state index contributed by atoms with van der Waals surface area (Å²) in [5.41, 5.74) is 3.47. The van der Waals surface area contributed by atoms with Crippen LogP contribution in [0.5, 0.6) is 11.5 Å². The van der Waals surface area contributed by atoms with Crippen LogP contribution in [-0.4, -0.2) is 48.5 Å². The maximum atomic E-state index is 9.34. The van der Waals surface area contributed by atoms with Gasteiger partial charge in [-0.2, -0.15) is 4.98 Å². The van der Waals surface area contributed by atoms with Gasteiger partial charge < -0.3 is 24.8 Å². The Kier molecular flexibility index (Phi) is 6.24. The minimum atomic E-state index is -0.103. The van der Waals surface area contributed by atoms with Gasteiger partial charge in [-0.05, 0) is 42.5 Å². The topological polar surface area (TPSA) is 79.7 Å². The molecule has 0 saturated carbocycles. The largest absolute Gasteiger partial charge is 0.493 e. The Morgan fingerprint density at radius 3 is 2.36 bits per heavy atom. The number of aliphatic hydroxyl groups is 1. The summed E-state index contributed by atoms with van der Waals surface area (Å²) in [6.07, 6.45) is 0.909. The lowest BCUT2D eigenvalue weighted by molar-refractivity contribution is 0.281. The molecule has 0 radical (unpaired) electrons. The van der Waals surface area contributed by atoms with E-state index >= 15 is 0 Å². The Bertz CT molecular complexity index is 826. The molecule has 28 heavy (non-hydrogen) atoms. The van der Waals surface area contributed by atoms with E-state index in [0.29, 0.717) is 5.95 Å². The molecular formula is C21H30N4O3. The first kappa shape index (κ1) is 20.2. The molecule has 7 heteroatoms. The van der Waals surface area contributed by atoms with Gasteiger partial charge in [0.2, 0.25) is 5.95 Å². The molecule has 0 unspecified atom stereocenters. The summed E-state index contributed by atoms with van der Waals surface area (Å²) in [4.78, 5) is 11.6. The predicted molar refractivity (Wildman–Crippen MR) is 111 cm³/mol. The van der Waals surface area contributed by atoms with Crippen molar-refractivity contribution in [2.45, 2.75) is 45.7 Å². The van der Waals surface area contributed by atoms with E-state index < -0.39 is 0 Å². The molecule has 1 aromatic heterocycles. The van der Waals surface area contributed by atoms with Gasteiger partial charge in [-0.3, -0.25) is 0 Å². The fourth-order valence-electron chi connectivity index (χ4n) is 3.32. The average molecular weight is 386 g/mol. The van der Waals surface area contributed by atoms with Crippen molar-refractivity contribution in [3.63, 3.8) is 0 Å². The monoisotopic (exact) mass is 386 g/mol. The van der Waals surface area contributed by atoms with E-state index in [1.807, 2.05) is 6.92 Å². The van der Waals surface area contributed by atoms with Crippen LogP contribution in [0.2, 0.25) is 0 Å². The number of nitrogens with one attached hydrogen (secondary N) is 1. The third kappa shape index (κ3) is 4.30. The highest BCUT2D eigenvalue weighted by Crippen LogP contribution is 2.34. The molecule has 1 atom stereocenters.